The van der Waals surface area contributed by atoms with Crippen molar-refractivity contribution in [1.29, 1.82) is 0 Å². The molecule has 0 saturated carbocycles. The number of hydrogen-bond acceptors (Lipinski definition) is 5. The number of methoxy groups -OCH3 is 1. The molecule has 5 heteroatoms. The monoisotopic (exact) mass is 258 g/mol. The molecule has 0 unspecified atom stereocenters. The van der Waals surface area contributed by atoms with E-state index >= 15 is 0 Å². The maximum atomic E-state index is 5.16. The molecule has 5 nitrogen and oxygen atoms in total. The first-order valence-electron chi connectivity index (χ1n) is 6.05. The highest BCUT2D eigenvalue weighted by Crippen LogP contribution is 2.25. The molecule has 1 aromatic heterocycles. The Hall–Kier alpha value is -2.30. The summed E-state index contributed by atoms with van der Waals surface area (Å²) >= 11 is 0. The van der Waals surface area contributed by atoms with Gasteiger partial charge >= 0.3 is 0 Å². The Morgan fingerprint density at radius 3 is 2.42 bits per heavy atom. The lowest BCUT2D eigenvalue weighted by atomic mass is 10.3. The lowest BCUT2D eigenvalue weighted by molar-refractivity contribution is 0.415. The number of anilines is 3. The van der Waals surface area contributed by atoms with Crippen LogP contribution >= 0.6 is 0 Å². The summed E-state index contributed by atoms with van der Waals surface area (Å²) < 4.78 is 5.16. The van der Waals surface area contributed by atoms with Crippen LogP contribution in [-0.2, 0) is 0 Å². The van der Waals surface area contributed by atoms with Crippen molar-refractivity contribution in [1.82, 2.24) is 9.97 Å². The van der Waals surface area contributed by atoms with Gasteiger partial charge in [0.05, 0.1) is 7.11 Å². The second kappa shape index (κ2) is 5.56. The molecule has 0 fully saturated rings. The van der Waals surface area contributed by atoms with Gasteiger partial charge in [0.25, 0.3) is 0 Å². The van der Waals surface area contributed by atoms with E-state index in [0.717, 1.165) is 28.9 Å². The predicted molar refractivity (Wildman–Crippen MR) is 77.4 cm³/mol. The maximum absolute atomic E-state index is 5.16. The van der Waals surface area contributed by atoms with Crippen LogP contribution < -0.4 is 15.0 Å². The van der Waals surface area contributed by atoms with Crippen LogP contribution in [0.15, 0.2) is 30.3 Å². The number of aryl methyl sites for hydroxylation is 1. The molecule has 0 spiro atoms. The molecule has 0 amide bonds. The Morgan fingerprint density at radius 2 is 1.84 bits per heavy atom. The number of nitrogens with zero attached hydrogens (tertiary/aromatic N) is 3. The Bertz CT molecular complexity index is 554. The smallest absolute Gasteiger partial charge is 0.138 e. The minimum absolute atomic E-state index is 0.738. The van der Waals surface area contributed by atoms with Gasteiger partial charge in [-0.1, -0.05) is 0 Å². The highest BCUT2D eigenvalue weighted by atomic mass is 16.5. The highest BCUT2D eigenvalue weighted by Gasteiger charge is 2.08. The lowest BCUT2D eigenvalue weighted by Crippen LogP contribution is -2.13. The summed E-state index contributed by atoms with van der Waals surface area (Å²) in [5.74, 6) is 3.24. The van der Waals surface area contributed by atoms with Gasteiger partial charge < -0.3 is 15.0 Å². The molecule has 0 radical (unpaired) electrons. The van der Waals surface area contributed by atoms with Gasteiger partial charge in [0.1, 0.15) is 23.2 Å². The van der Waals surface area contributed by atoms with Gasteiger partial charge in [-0.3, -0.25) is 0 Å². The van der Waals surface area contributed by atoms with E-state index in [4.69, 9.17) is 4.74 Å². The minimum atomic E-state index is 0.738. The van der Waals surface area contributed by atoms with Gasteiger partial charge in [-0.05, 0) is 31.2 Å². The van der Waals surface area contributed by atoms with Crippen molar-refractivity contribution in [3.05, 3.63) is 36.2 Å². The van der Waals surface area contributed by atoms with E-state index < -0.39 is 0 Å². The van der Waals surface area contributed by atoms with E-state index in [0.29, 0.717) is 0 Å². The Kier molecular flexibility index (Phi) is 3.85. The molecule has 1 aromatic carbocycles. The molecule has 0 aliphatic carbocycles. The quantitative estimate of drug-likeness (QED) is 0.913. The normalized spacial score (nSPS) is 10.1. The van der Waals surface area contributed by atoms with Crippen molar-refractivity contribution in [3.8, 4) is 5.75 Å². The van der Waals surface area contributed by atoms with Crippen molar-refractivity contribution in [2.24, 2.45) is 0 Å². The number of rotatable bonds is 4. The van der Waals surface area contributed by atoms with Crippen LogP contribution in [0, 0.1) is 6.92 Å². The highest BCUT2D eigenvalue weighted by molar-refractivity contribution is 5.62. The fourth-order valence-corrected chi connectivity index (χ4v) is 1.79. The van der Waals surface area contributed by atoms with Gasteiger partial charge in [0.15, 0.2) is 0 Å². The third-order valence-corrected chi connectivity index (χ3v) is 2.88. The summed E-state index contributed by atoms with van der Waals surface area (Å²) in [4.78, 5) is 10.7. The largest absolute Gasteiger partial charge is 0.497 e. The van der Waals surface area contributed by atoms with Gasteiger partial charge in [0.2, 0.25) is 0 Å². The summed E-state index contributed by atoms with van der Waals surface area (Å²) in [6.07, 6.45) is 0. The van der Waals surface area contributed by atoms with Crippen molar-refractivity contribution >= 4 is 17.3 Å². The Labute approximate surface area is 113 Å². The fraction of sp³-hybridized carbons (Fsp3) is 0.286. The van der Waals surface area contributed by atoms with Gasteiger partial charge in [0, 0.05) is 25.8 Å². The summed E-state index contributed by atoms with van der Waals surface area (Å²) in [6, 6.07) is 9.76. The fourth-order valence-electron chi connectivity index (χ4n) is 1.79. The SMILES string of the molecule is CNc1cc(N(C)c2ccc(OC)cc2)nc(C)n1. The first kappa shape index (κ1) is 13.1. The molecule has 0 aliphatic heterocycles. The van der Waals surface area contributed by atoms with E-state index in [-0.39, 0.29) is 0 Å². The Morgan fingerprint density at radius 1 is 1.16 bits per heavy atom. The van der Waals surface area contributed by atoms with E-state index in [1.54, 1.807) is 7.11 Å². The molecule has 0 aliphatic rings. The third kappa shape index (κ3) is 2.93. The van der Waals surface area contributed by atoms with Crippen molar-refractivity contribution in [2.75, 3.05) is 31.4 Å². The van der Waals surface area contributed by atoms with Gasteiger partial charge in [-0.15, -0.1) is 0 Å². The zero-order chi connectivity index (χ0) is 13.8. The third-order valence-electron chi connectivity index (χ3n) is 2.88. The number of hydrogen-bond donors (Lipinski definition) is 1. The molecule has 2 aromatic rings. The average Bonchev–Trinajstić information content (AvgIpc) is 2.46. The van der Waals surface area contributed by atoms with Crippen LogP contribution in [0.4, 0.5) is 17.3 Å². The van der Waals surface area contributed by atoms with Crippen LogP contribution in [0.5, 0.6) is 5.75 Å². The van der Waals surface area contributed by atoms with Gasteiger partial charge in [-0.2, -0.15) is 0 Å². The zero-order valence-electron chi connectivity index (χ0n) is 11.6. The van der Waals surface area contributed by atoms with Crippen molar-refractivity contribution in [3.63, 3.8) is 0 Å². The standard InChI is InChI=1S/C14H18N4O/c1-10-16-13(15-2)9-14(17-10)18(3)11-5-7-12(19-4)8-6-11/h5-9H,1-4H3,(H,15,16,17). The molecular weight excluding hydrogens is 240 g/mol. The van der Waals surface area contributed by atoms with Crippen LogP contribution in [0.25, 0.3) is 0 Å². The van der Waals surface area contributed by atoms with Crippen molar-refractivity contribution < 1.29 is 4.74 Å². The molecule has 1 heterocycles. The van der Waals surface area contributed by atoms with Crippen LogP contribution in [0.3, 0.4) is 0 Å². The number of ether oxygens (including phenoxy) is 1. The van der Waals surface area contributed by atoms with Crippen LogP contribution in [0.1, 0.15) is 5.82 Å². The second-order valence-electron chi connectivity index (χ2n) is 4.17. The second-order valence-corrected chi connectivity index (χ2v) is 4.17. The van der Waals surface area contributed by atoms with E-state index in [9.17, 15) is 0 Å². The molecule has 19 heavy (non-hydrogen) atoms. The topological polar surface area (TPSA) is 50.3 Å². The number of nitrogens with one attached hydrogen (secondary N) is 1. The Balaban J connectivity index is 2.31. The number of aromatic nitrogens is 2. The predicted octanol–water partition coefficient (Wildman–Crippen LogP) is 2.60. The molecule has 1 N–H and O–H groups in total. The zero-order valence-corrected chi connectivity index (χ0v) is 11.6. The minimum Gasteiger partial charge on any atom is -0.497 e. The van der Waals surface area contributed by atoms with E-state index in [1.165, 1.54) is 0 Å². The maximum Gasteiger partial charge on any atom is 0.138 e. The van der Waals surface area contributed by atoms with E-state index in [1.807, 2.05) is 56.3 Å². The lowest BCUT2D eigenvalue weighted by Gasteiger charge is -2.19. The summed E-state index contributed by atoms with van der Waals surface area (Å²) in [7, 11) is 5.48. The molecule has 0 bridgehead atoms. The molecule has 2 rings (SSSR count). The van der Waals surface area contributed by atoms with Crippen LogP contribution in [-0.4, -0.2) is 31.2 Å². The molecule has 100 valence electrons. The summed E-state index contributed by atoms with van der Waals surface area (Å²) in [5.41, 5.74) is 1.04. The van der Waals surface area contributed by atoms with Gasteiger partial charge in [-0.25, -0.2) is 9.97 Å². The summed E-state index contributed by atoms with van der Waals surface area (Å²) in [5, 5.41) is 3.03. The van der Waals surface area contributed by atoms with Crippen molar-refractivity contribution in [2.45, 2.75) is 6.92 Å². The van der Waals surface area contributed by atoms with Crippen LogP contribution in [0.2, 0.25) is 0 Å². The molecule has 0 atom stereocenters. The summed E-state index contributed by atoms with van der Waals surface area (Å²) in [6.45, 7) is 1.88. The molecular formula is C14H18N4O. The van der Waals surface area contributed by atoms with E-state index in [2.05, 4.69) is 15.3 Å². The first-order chi connectivity index (χ1) is 9.13. The molecule has 0 saturated heterocycles. The number of benzene rings is 1. The first-order valence-corrected chi connectivity index (χ1v) is 6.05. The average molecular weight is 258 g/mol.